The van der Waals surface area contributed by atoms with Crippen LogP contribution >= 0.6 is 11.6 Å². The predicted molar refractivity (Wildman–Crippen MR) is 68.7 cm³/mol. The second-order valence-electron chi connectivity index (χ2n) is 5.03. The van der Waals surface area contributed by atoms with E-state index in [0.717, 1.165) is 39.0 Å². The lowest BCUT2D eigenvalue weighted by Crippen LogP contribution is -3.15. The zero-order valence-corrected chi connectivity index (χ0v) is 11.4. The van der Waals surface area contributed by atoms with Gasteiger partial charge in [0.15, 0.2) is 6.54 Å². The quantitative estimate of drug-likeness (QED) is 0.642. The lowest BCUT2D eigenvalue weighted by molar-refractivity contribution is -0.896. The average molecular weight is 275 g/mol. The number of amides is 2. The molecule has 0 spiro atoms. The SMILES string of the molecule is O=C(CCl)N1CC[NH+](CC(=O)N2CCCC2)CC1. The Hall–Kier alpha value is -0.810. The van der Waals surface area contributed by atoms with E-state index >= 15 is 0 Å². The summed E-state index contributed by atoms with van der Waals surface area (Å²) in [7, 11) is 0. The number of carbonyl (C=O) groups excluding carboxylic acids is 2. The number of halogens is 1. The Morgan fingerprint density at radius 1 is 0.944 bits per heavy atom. The lowest BCUT2D eigenvalue weighted by atomic mass is 10.3. The van der Waals surface area contributed by atoms with Crippen LogP contribution in [0.5, 0.6) is 0 Å². The van der Waals surface area contributed by atoms with Gasteiger partial charge >= 0.3 is 0 Å². The molecule has 102 valence electrons. The van der Waals surface area contributed by atoms with Crippen LogP contribution in [0.4, 0.5) is 0 Å². The summed E-state index contributed by atoms with van der Waals surface area (Å²) in [5, 5.41) is 0. The average Bonchev–Trinajstić information content (AvgIpc) is 2.92. The normalized spacial score (nSPS) is 21.4. The smallest absolute Gasteiger partial charge is 0.277 e. The maximum absolute atomic E-state index is 12.0. The van der Waals surface area contributed by atoms with Crippen molar-refractivity contribution < 1.29 is 14.5 Å². The highest BCUT2D eigenvalue weighted by Crippen LogP contribution is 2.06. The highest BCUT2D eigenvalue weighted by atomic mass is 35.5. The van der Waals surface area contributed by atoms with Gasteiger partial charge in [0.2, 0.25) is 5.91 Å². The van der Waals surface area contributed by atoms with Crippen LogP contribution in [0.25, 0.3) is 0 Å². The van der Waals surface area contributed by atoms with Crippen LogP contribution in [0, 0.1) is 0 Å². The van der Waals surface area contributed by atoms with E-state index < -0.39 is 0 Å². The Labute approximate surface area is 113 Å². The highest BCUT2D eigenvalue weighted by molar-refractivity contribution is 6.27. The molecule has 2 aliphatic heterocycles. The molecule has 6 heteroatoms. The summed E-state index contributed by atoms with van der Waals surface area (Å²) in [6.45, 7) is 5.54. The number of likely N-dealkylation sites (tertiary alicyclic amines) is 1. The van der Waals surface area contributed by atoms with Crippen molar-refractivity contribution in [1.29, 1.82) is 0 Å². The summed E-state index contributed by atoms with van der Waals surface area (Å²) in [4.78, 5) is 28.4. The van der Waals surface area contributed by atoms with E-state index in [9.17, 15) is 9.59 Å². The van der Waals surface area contributed by atoms with Gasteiger partial charge in [-0.3, -0.25) is 9.59 Å². The third-order valence-corrected chi connectivity index (χ3v) is 4.03. The number of hydrogen-bond acceptors (Lipinski definition) is 2. The maximum Gasteiger partial charge on any atom is 0.277 e. The molecule has 0 bridgehead atoms. The Balaban J connectivity index is 1.73. The summed E-state index contributed by atoms with van der Waals surface area (Å²) in [6.07, 6.45) is 2.28. The molecule has 0 aromatic carbocycles. The molecule has 0 radical (unpaired) electrons. The lowest BCUT2D eigenvalue weighted by Gasteiger charge is -2.32. The third-order valence-electron chi connectivity index (χ3n) is 3.80. The minimum absolute atomic E-state index is 0.00147. The van der Waals surface area contributed by atoms with Crippen LogP contribution < -0.4 is 4.90 Å². The van der Waals surface area contributed by atoms with E-state index in [0.29, 0.717) is 19.6 Å². The second kappa shape index (κ2) is 6.38. The number of nitrogens with one attached hydrogen (secondary N) is 1. The molecular weight excluding hydrogens is 254 g/mol. The number of piperazine rings is 1. The summed E-state index contributed by atoms with van der Waals surface area (Å²) in [5.41, 5.74) is 0. The first kappa shape index (κ1) is 13.6. The molecule has 0 aromatic rings. The molecular formula is C12H21ClN3O2+. The second-order valence-corrected chi connectivity index (χ2v) is 5.30. The van der Waals surface area contributed by atoms with Gasteiger partial charge in [0, 0.05) is 13.1 Å². The summed E-state index contributed by atoms with van der Waals surface area (Å²) in [5.74, 6) is 0.323. The molecule has 0 aliphatic carbocycles. The van der Waals surface area contributed by atoms with Gasteiger partial charge in [-0.2, -0.15) is 0 Å². The number of nitrogens with zero attached hydrogens (tertiary/aromatic N) is 2. The number of rotatable bonds is 3. The van der Waals surface area contributed by atoms with E-state index in [4.69, 9.17) is 11.6 Å². The number of carbonyl (C=O) groups is 2. The van der Waals surface area contributed by atoms with Crippen molar-refractivity contribution in [2.45, 2.75) is 12.8 Å². The predicted octanol–water partition coefficient (Wildman–Crippen LogP) is -1.43. The van der Waals surface area contributed by atoms with Crippen molar-refractivity contribution in [3.63, 3.8) is 0 Å². The Morgan fingerprint density at radius 2 is 1.50 bits per heavy atom. The molecule has 5 nitrogen and oxygen atoms in total. The molecule has 1 N–H and O–H groups in total. The van der Waals surface area contributed by atoms with E-state index in [2.05, 4.69) is 0 Å². The van der Waals surface area contributed by atoms with Crippen LogP contribution in [0.2, 0.25) is 0 Å². The standard InChI is InChI=1S/C12H20ClN3O2/c13-9-11(17)16-7-5-14(6-8-16)10-12(18)15-3-1-2-4-15/h1-10H2/p+1. The minimum atomic E-state index is 0.00147. The van der Waals surface area contributed by atoms with Crippen molar-refractivity contribution in [3.05, 3.63) is 0 Å². The van der Waals surface area contributed by atoms with E-state index in [1.165, 1.54) is 4.90 Å². The summed E-state index contributed by atoms with van der Waals surface area (Å²) < 4.78 is 0. The molecule has 2 amide bonds. The van der Waals surface area contributed by atoms with Crippen LogP contribution in [-0.4, -0.2) is 73.3 Å². The topological polar surface area (TPSA) is 45.1 Å². The maximum atomic E-state index is 12.0. The molecule has 0 atom stereocenters. The van der Waals surface area contributed by atoms with Gasteiger partial charge in [-0.25, -0.2) is 0 Å². The van der Waals surface area contributed by atoms with Gasteiger partial charge in [-0.15, -0.1) is 11.6 Å². The fourth-order valence-electron chi connectivity index (χ4n) is 2.63. The summed E-state index contributed by atoms with van der Waals surface area (Å²) in [6, 6.07) is 0. The van der Waals surface area contributed by atoms with Gasteiger partial charge in [0.05, 0.1) is 26.2 Å². The zero-order valence-electron chi connectivity index (χ0n) is 10.7. The van der Waals surface area contributed by atoms with E-state index in [1.807, 2.05) is 4.90 Å². The monoisotopic (exact) mass is 274 g/mol. The number of hydrogen-bond donors (Lipinski definition) is 1. The minimum Gasteiger partial charge on any atom is -0.338 e. The molecule has 0 saturated carbocycles. The fraction of sp³-hybridized carbons (Fsp3) is 0.833. The first-order valence-corrected chi connectivity index (χ1v) is 7.19. The molecule has 18 heavy (non-hydrogen) atoms. The van der Waals surface area contributed by atoms with Gasteiger partial charge in [-0.05, 0) is 12.8 Å². The summed E-state index contributed by atoms with van der Waals surface area (Å²) >= 11 is 5.53. The first-order chi connectivity index (χ1) is 8.70. The molecule has 0 aromatic heterocycles. The van der Waals surface area contributed by atoms with Crippen molar-refractivity contribution >= 4 is 23.4 Å². The third kappa shape index (κ3) is 3.36. The van der Waals surface area contributed by atoms with Gasteiger partial charge in [0.1, 0.15) is 5.88 Å². The van der Waals surface area contributed by atoms with E-state index in [1.54, 1.807) is 4.90 Å². The molecule has 0 unspecified atom stereocenters. The van der Waals surface area contributed by atoms with Gasteiger partial charge in [0.25, 0.3) is 5.91 Å². The highest BCUT2D eigenvalue weighted by Gasteiger charge is 2.27. The first-order valence-electron chi connectivity index (χ1n) is 6.66. The van der Waals surface area contributed by atoms with Crippen molar-refractivity contribution in [2.75, 3.05) is 51.7 Å². The Morgan fingerprint density at radius 3 is 2.06 bits per heavy atom. The van der Waals surface area contributed by atoms with Crippen LogP contribution in [0.15, 0.2) is 0 Å². The molecule has 2 aliphatic rings. The zero-order chi connectivity index (χ0) is 13.0. The van der Waals surface area contributed by atoms with Crippen molar-refractivity contribution in [1.82, 2.24) is 9.80 Å². The van der Waals surface area contributed by atoms with Crippen LogP contribution in [0.1, 0.15) is 12.8 Å². The number of quaternary nitrogens is 1. The van der Waals surface area contributed by atoms with Crippen LogP contribution in [0.3, 0.4) is 0 Å². The van der Waals surface area contributed by atoms with Gasteiger partial charge < -0.3 is 14.7 Å². The molecule has 2 fully saturated rings. The fourth-order valence-corrected chi connectivity index (χ4v) is 2.79. The number of alkyl halides is 1. The molecule has 2 saturated heterocycles. The van der Waals surface area contributed by atoms with Crippen molar-refractivity contribution in [2.24, 2.45) is 0 Å². The largest absolute Gasteiger partial charge is 0.338 e. The van der Waals surface area contributed by atoms with Gasteiger partial charge in [-0.1, -0.05) is 0 Å². The Kier molecular flexibility index (Phi) is 4.83. The Bertz CT molecular complexity index is 310. The van der Waals surface area contributed by atoms with E-state index in [-0.39, 0.29) is 17.7 Å². The molecule has 2 heterocycles. The molecule has 2 rings (SSSR count). The van der Waals surface area contributed by atoms with Crippen LogP contribution in [-0.2, 0) is 9.59 Å². The van der Waals surface area contributed by atoms with Crippen molar-refractivity contribution in [3.8, 4) is 0 Å².